The number of allylic oxidation sites excluding steroid dienone is 1. The molecule has 4 nitrogen and oxygen atoms in total. The zero-order chi connectivity index (χ0) is 21.2. The van der Waals surface area contributed by atoms with Gasteiger partial charge in [0.15, 0.2) is 0 Å². The Balaban J connectivity index is 1.15. The molecule has 4 atom stereocenters. The van der Waals surface area contributed by atoms with Crippen molar-refractivity contribution >= 4 is 5.91 Å². The van der Waals surface area contributed by atoms with Crippen molar-refractivity contribution in [2.75, 3.05) is 39.4 Å². The van der Waals surface area contributed by atoms with Crippen LogP contribution in [0.25, 0.3) is 0 Å². The molecule has 0 bridgehead atoms. The van der Waals surface area contributed by atoms with Gasteiger partial charge in [-0.25, -0.2) is 0 Å². The molecule has 4 aliphatic rings. The summed E-state index contributed by atoms with van der Waals surface area (Å²) in [4.78, 5) is 17.7. The zero-order valence-electron chi connectivity index (χ0n) is 19.0. The minimum Gasteiger partial charge on any atom is -0.381 e. The first-order valence-electron chi connectivity index (χ1n) is 12.5. The number of carbonyl (C=O) groups excluding carboxylic acids is 1. The van der Waals surface area contributed by atoms with Gasteiger partial charge in [-0.15, -0.1) is 0 Å². The first-order chi connectivity index (χ1) is 15.2. The van der Waals surface area contributed by atoms with Gasteiger partial charge in [0.2, 0.25) is 5.91 Å². The molecular formula is C27H38N2O2. The van der Waals surface area contributed by atoms with E-state index in [0.717, 1.165) is 51.6 Å². The highest BCUT2D eigenvalue weighted by atomic mass is 16.5. The van der Waals surface area contributed by atoms with E-state index < -0.39 is 0 Å². The number of nitrogens with zero attached hydrogens (tertiary/aromatic N) is 2. The van der Waals surface area contributed by atoms with Gasteiger partial charge in [0, 0.05) is 51.2 Å². The second-order valence-electron chi connectivity index (χ2n) is 10.3. The van der Waals surface area contributed by atoms with Gasteiger partial charge in [-0.05, 0) is 74.5 Å². The van der Waals surface area contributed by atoms with Crippen molar-refractivity contribution in [3.05, 3.63) is 47.5 Å². The Morgan fingerprint density at radius 1 is 1.06 bits per heavy atom. The lowest BCUT2D eigenvalue weighted by atomic mass is 9.85. The van der Waals surface area contributed by atoms with Gasteiger partial charge in [-0.1, -0.05) is 36.4 Å². The molecule has 3 saturated heterocycles. The lowest BCUT2D eigenvalue weighted by Gasteiger charge is -2.25. The second-order valence-corrected chi connectivity index (χ2v) is 10.3. The summed E-state index contributed by atoms with van der Waals surface area (Å²) in [6.45, 7) is 8.27. The number of amides is 1. The summed E-state index contributed by atoms with van der Waals surface area (Å²) in [7, 11) is 0. The van der Waals surface area contributed by atoms with Crippen molar-refractivity contribution in [2.24, 2.45) is 17.8 Å². The Bertz CT molecular complexity index is 783. The van der Waals surface area contributed by atoms with Crippen LogP contribution in [-0.2, 0) is 16.0 Å². The van der Waals surface area contributed by atoms with Crippen LogP contribution >= 0.6 is 0 Å². The summed E-state index contributed by atoms with van der Waals surface area (Å²) in [5.41, 5.74) is 2.86. The largest absolute Gasteiger partial charge is 0.381 e. The SMILES string of the molecule is C[C@@H]1CCCN1CCc1ccc([C@@H]2C=C[C@@H]3CN(C(=O)CC4CCOCC4)C[C@@H]32)cc1. The molecule has 168 valence electrons. The minimum atomic E-state index is 0.361. The molecule has 3 fully saturated rings. The van der Waals surface area contributed by atoms with E-state index in [-0.39, 0.29) is 0 Å². The van der Waals surface area contributed by atoms with Gasteiger partial charge in [-0.3, -0.25) is 4.79 Å². The van der Waals surface area contributed by atoms with Gasteiger partial charge in [0.25, 0.3) is 0 Å². The Kier molecular flexibility index (Phi) is 6.47. The van der Waals surface area contributed by atoms with Crippen molar-refractivity contribution in [1.82, 2.24) is 9.80 Å². The zero-order valence-corrected chi connectivity index (χ0v) is 19.0. The highest BCUT2D eigenvalue weighted by Crippen LogP contribution is 2.43. The Morgan fingerprint density at radius 3 is 2.61 bits per heavy atom. The quantitative estimate of drug-likeness (QED) is 0.642. The molecule has 3 aliphatic heterocycles. The molecule has 31 heavy (non-hydrogen) atoms. The number of hydrogen-bond donors (Lipinski definition) is 0. The first kappa shape index (κ1) is 21.2. The van der Waals surface area contributed by atoms with Crippen LogP contribution in [0.5, 0.6) is 0 Å². The van der Waals surface area contributed by atoms with Crippen LogP contribution in [0.4, 0.5) is 0 Å². The molecule has 1 amide bonds. The van der Waals surface area contributed by atoms with Crippen LogP contribution in [0.1, 0.15) is 56.1 Å². The Morgan fingerprint density at radius 2 is 1.87 bits per heavy atom. The number of fused-ring (bicyclic) bond motifs is 1. The minimum absolute atomic E-state index is 0.361. The molecule has 0 saturated carbocycles. The van der Waals surface area contributed by atoms with Gasteiger partial charge in [0.1, 0.15) is 0 Å². The standard InChI is InChI=1S/C27H38N2O2/c1-20-3-2-13-28(20)14-10-21-4-6-23(7-5-21)25-9-8-24-18-29(19-26(24)25)27(30)17-22-11-15-31-16-12-22/h4-9,20,22,24-26H,2-3,10-19H2,1H3/t20-,24-,25+,26+/m1/s1. The van der Waals surface area contributed by atoms with E-state index >= 15 is 0 Å². The van der Waals surface area contributed by atoms with E-state index in [9.17, 15) is 4.79 Å². The van der Waals surface area contributed by atoms with Crippen LogP contribution in [0, 0.1) is 17.8 Å². The molecule has 0 unspecified atom stereocenters. The number of carbonyl (C=O) groups is 1. The summed E-state index contributed by atoms with van der Waals surface area (Å²) in [5.74, 6) is 2.41. The monoisotopic (exact) mass is 422 g/mol. The molecule has 0 spiro atoms. The summed E-state index contributed by atoms with van der Waals surface area (Å²) in [5, 5.41) is 0. The van der Waals surface area contributed by atoms with Crippen LogP contribution in [0.3, 0.4) is 0 Å². The molecule has 5 rings (SSSR count). The van der Waals surface area contributed by atoms with E-state index in [1.807, 2.05) is 0 Å². The number of rotatable bonds is 6. The molecular weight excluding hydrogens is 384 g/mol. The highest BCUT2D eigenvalue weighted by molar-refractivity contribution is 5.77. The number of benzene rings is 1. The van der Waals surface area contributed by atoms with E-state index in [4.69, 9.17) is 4.74 Å². The number of hydrogen-bond acceptors (Lipinski definition) is 3. The van der Waals surface area contributed by atoms with Gasteiger partial charge in [0.05, 0.1) is 0 Å². The van der Waals surface area contributed by atoms with Crippen LogP contribution in [-0.4, -0.2) is 61.1 Å². The summed E-state index contributed by atoms with van der Waals surface area (Å²) in [6.07, 6.45) is 11.4. The van der Waals surface area contributed by atoms with E-state index in [2.05, 4.69) is 53.1 Å². The summed E-state index contributed by atoms with van der Waals surface area (Å²) < 4.78 is 5.45. The molecule has 1 aromatic rings. The van der Waals surface area contributed by atoms with Crippen molar-refractivity contribution in [3.63, 3.8) is 0 Å². The predicted molar refractivity (Wildman–Crippen MR) is 124 cm³/mol. The molecule has 1 aliphatic carbocycles. The van der Waals surface area contributed by atoms with E-state index in [0.29, 0.717) is 36.0 Å². The van der Waals surface area contributed by atoms with E-state index in [1.165, 1.54) is 37.1 Å². The normalized spacial score (nSPS) is 31.5. The van der Waals surface area contributed by atoms with E-state index in [1.54, 1.807) is 0 Å². The van der Waals surface area contributed by atoms with Crippen molar-refractivity contribution in [1.29, 1.82) is 0 Å². The fourth-order valence-corrected chi connectivity index (χ4v) is 6.24. The average molecular weight is 423 g/mol. The maximum atomic E-state index is 12.9. The fraction of sp³-hybridized carbons (Fsp3) is 0.667. The van der Waals surface area contributed by atoms with Crippen LogP contribution in [0.2, 0.25) is 0 Å². The van der Waals surface area contributed by atoms with Crippen molar-refractivity contribution in [3.8, 4) is 0 Å². The molecule has 0 radical (unpaired) electrons. The first-order valence-corrected chi connectivity index (χ1v) is 12.5. The number of ether oxygens (including phenoxy) is 1. The molecule has 0 aromatic heterocycles. The topological polar surface area (TPSA) is 32.8 Å². The average Bonchev–Trinajstić information content (AvgIpc) is 3.49. The third-order valence-electron chi connectivity index (χ3n) is 8.34. The van der Waals surface area contributed by atoms with Gasteiger partial charge < -0.3 is 14.5 Å². The molecule has 0 N–H and O–H groups in total. The van der Waals surface area contributed by atoms with Crippen LogP contribution < -0.4 is 0 Å². The third-order valence-corrected chi connectivity index (χ3v) is 8.34. The maximum absolute atomic E-state index is 12.9. The predicted octanol–water partition coefficient (Wildman–Crippen LogP) is 4.26. The molecule has 1 aromatic carbocycles. The summed E-state index contributed by atoms with van der Waals surface area (Å²) in [6, 6.07) is 10.1. The van der Waals surface area contributed by atoms with Crippen molar-refractivity contribution in [2.45, 2.75) is 57.4 Å². The lowest BCUT2D eigenvalue weighted by Crippen LogP contribution is -2.32. The maximum Gasteiger partial charge on any atom is 0.222 e. The summed E-state index contributed by atoms with van der Waals surface area (Å²) >= 11 is 0. The highest BCUT2D eigenvalue weighted by Gasteiger charge is 2.41. The number of likely N-dealkylation sites (tertiary alicyclic amines) is 2. The molecule has 3 heterocycles. The van der Waals surface area contributed by atoms with Gasteiger partial charge in [-0.2, -0.15) is 0 Å². The fourth-order valence-electron chi connectivity index (χ4n) is 6.24. The Hall–Kier alpha value is -1.65. The van der Waals surface area contributed by atoms with Crippen LogP contribution in [0.15, 0.2) is 36.4 Å². The van der Waals surface area contributed by atoms with Crippen molar-refractivity contribution < 1.29 is 9.53 Å². The second kappa shape index (κ2) is 9.46. The third kappa shape index (κ3) is 4.75. The van der Waals surface area contributed by atoms with Gasteiger partial charge >= 0.3 is 0 Å². The smallest absolute Gasteiger partial charge is 0.222 e. The molecule has 4 heteroatoms. The Labute approximate surface area is 187 Å². The lowest BCUT2D eigenvalue weighted by molar-refractivity contribution is -0.132.